The molecule has 0 spiro atoms. The number of rotatable bonds is 3. The van der Waals surface area contributed by atoms with Gasteiger partial charge in [0.25, 0.3) is 0 Å². The highest BCUT2D eigenvalue weighted by Gasteiger charge is 2.23. The van der Waals surface area contributed by atoms with Gasteiger partial charge in [-0.2, -0.15) is 0 Å². The third-order valence-electron chi connectivity index (χ3n) is 2.88. The highest BCUT2D eigenvalue weighted by Crippen LogP contribution is 2.22. The highest BCUT2D eigenvalue weighted by atomic mass is 32.2. The summed E-state index contributed by atoms with van der Waals surface area (Å²) in [7, 11) is -3.78. The van der Waals surface area contributed by atoms with E-state index in [1.165, 1.54) is 6.07 Å². The zero-order valence-electron chi connectivity index (χ0n) is 10.3. The lowest BCUT2D eigenvalue weighted by Gasteiger charge is -2.14. The van der Waals surface area contributed by atoms with Crippen molar-refractivity contribution in [2.75, 3.05) is 16.9 Å². The first-order valence-corrected chi connectivity index (χ1v) is 8.34. The number of sulfonamides is 1. The van der Waals surface area contributed by atoms with Crippen molar-refractivity contribution in [1.29, 1.82) is 0 Å². The summed E-state index contributed by atoms with van der Waals surface area (Å²) in [6, 6.07) is 4.38. The number of amides is 1. The number of carbonyl (C=O) groups is 1. The maximum atomic E-state index is 12.0. The van der Waals surface area contributed by atoms with E-state index in [1.54, 1.807) is 30.8 Å². The first-order chi connectivity index (χ1) is 8.89. The molecule has 0 aromatic heterocycles. The number of hydrogen-bond acceptors (Lipinski definition) is 5. The van der Waals surface area contributed by atoms with Crippen LogP contribution in [0.5, 0.6) is 0 Å². The van der Waals surface area contributed by atoms with E-state index in [1.807, 2.05) is 0 Å². The van der Waals surface area contributed by atoms with Crippen LogP contribution in [-0.2, 0) is 14.8 Å². The molecule has 0 bridgehead atoms. The van der Waals surface area contributed by atoms with Crippen LogP contribution in [-0.4, -0.2) is 32.0 Å². The molecular formula is C11H15N3O3S2. The number of anilines is 1. The first-order valence-electron chi connectivity index (χ1n) is 5.64. The molecule has 1 saturated heterocycles. The lowest BCUT2D eigenvalue weighted by atomic mass is 10.2. The third-order valence-corrected chi connectivity index (χ3v) is 4.88. The van der Waals surface area contributed by atoms with Gasteiger partial charge in [0.05, 0.1) is 10.9 Å². The van der Waals surface area contributed by atoms with Crippen LogP contribution in [0.25, 0.3) is 0 Å². The van der Waals surface area contributed by atoms with Crippen molar-refractivity contribution in [3.8, 4) is 0 Å². The van der Waals surface area contributed by atoms with Crippen LogP contribution < -0.4 is 15.8 Å². The zero-order chi connectivity index (χ0) is 14.0. The second-order valence-electron chi connectivity index (χ2n) is 4.23. The molecule has 1 amide bonds. The molecule has 0 aliphatic carbocycles. The Balaban J connectivity index is 2.24. The number of carbonyl (C=O) groups excluding carboxylic acids is 1. The molecule has 1 aromatic carbocycles. The Bertz CT molecular complexity index is 595. The van der Waals surface area contributed by atoms with Crippen molar-refractivity contribution < 1.29 is 13.2 Å². The van der Waals surface area contributed by atoms with Crippen LogP contribution in [0.2, 0.25) is 0 Å². The molecule has 1 heterocycles. The minimum Gasteiger partial charge on any atom is -0.324 e. The Hall–Kier alpha value is -1.09. The summed E-state index contributed by atoms with van der Waals surface area (Å²) in [6.45, 7) is 1.62. The Labute approximate surface area is 116 Å². The molecule has 1 unspecified atom stereocenters. The van der Waals surface area contributed by atoms with E-state index in [-0.39, 0.29) is 16.8 Å². The predicted octanol–water partition coefficient (Wildman–Crippen LogP) is 0.243. The van der Waals surface area contributed by atoms with Gasteiger partial charge in [0, 0.05) is 17.3 Å². The minimum absolute atomic E-state index is 0.0269. The fraction of sp³-hybridized carbons (Fsp3) is 0.364. The van der Waals surface area contributed by atoms with Gasteiger partial charge in [-0.05, 0) is 24.6 Å². The van der Waals surface area contributed by atoms with Crippen LogP contribution in [0.4, 0.5) is 5.69 Å². The van der Waals surface area contributed by atoms with E-state index in [4.69, 9.17) is 5.14 Å². The fourth-order valence-corrected chi connectivity index (χ4v) is 3.59. The van der Waals surface area contributed by atoms with Crippen molar-refractivity contribution in [1.82, 2.24) is 5.32 Å². The van der Waals surface area contributed by atoms with Gasteiger partial charge in [0.2, 0.25) is 15.9 Å². The van der Waals surface area contributed by atoms with Gasteiger partial charge >= 0.3 is 0 Å². The van der Waals surface area contributed by atoms with E-state index in [0.717, 1.165) is 5.88 Å². The number of nitrogens with one attached hydrogen (secondary N) is 2. The standard InChI is InChI=1S/C11H15N3O3S2/c1-7-8(3-2-4-10(7)19(12,16)17)14-11(15)9-5-18-6-13-9/h2-4,9,13H,5-6H2,1H3,(H,14,15)(H2,12,16,17). The molecule has 4 N–H and O–H groups in total. The van der Waals surface area contributed by atoms with Crippen molar-refractivity contribution >= 4 is 33.4 Å². The van der Waals surface area contributed by atoms with Crippen molar-refractivity contribution in [3.63, 3.8) is 0 Å². The van der Waals surface area contributed by atoms with Crippen molar-refractivity contribution in [3.05, 3.63) is 23.8 Å². The summed E-state index contributed by atoms with van der Waals surface area (Å²) in [6.07, 6.45) is 0. The van der Waals surface area contributed by atoms with Crippen LogP contribution in [0, 0.1) is 6.92 Å². The molecule has 1 atom stereocenters. The predicted molar refractivity (Wildman–Crippen MR) is 75.4 cm³/mol. The van der Waals surface area contributed by atoms with Gasteiger partial charge in [-0.25, -0.2) is 13.6 Å². The van der Waals surface area contributed by atoms with Crippen LogP contribution >= 0.6 is 11.8 Å². The van der Waals surface area contributed by atoms with Crippen molar-refractivity contribution in [2.24, 2.45) is 5.14 Å². The average molecular weight is 301 g/mol. The number of thioether (sulfide) groups is 1. The smallest absolute Gasteiger partial charge is 0.242 e. The van der Waals surface area contributed by atoms with Gasteiger partial charge in [0.1, 0.15) is 0 Å². The lowest BCUT2D eigenvalue weighted by Crippen LogP contribution is -2.37. The Morgan fingerprint density at radius 2 is 2.26 bits per heavy atom. The van der Waals surface area contributed by atoms with Crippen LogP contribution in [0.1, 0.15) is 5.56 Å². The lowest BCUT2D eigenvalue weighted by molar-refractivity contribution is -0.117. The topological polar surface area (TPSA) is 101 Å². The molecule has 0 saturated carbocycles. The second kappa shape index (κ2) is 5.49. The Morgan fingerprint density at radius 3 is 2.84 bits per heavy atom. The third kappa shape index (κ3) is 3.27. The molecule has 6 nitrogen and oxygen atoms in total. The summed E-state index contributed by atoms with van der Waals surface area (Å²) in [5.74, 6) is 1.29. The summed E-state index contributed by atoms with van der Waals surface area (Å²) in [5, 5.41) is 10.9. The molecule has 0 radical (unpaired) electrons. The molecule has 2 rings (SSSR count). The molecule has 1 aromatic rings. The normalized spacial score (nSPS) is 19.4. The summed E-state index contributed by atoms with van der Waals surface area (Å²) >= 11 is 1.64. The summed E-state index contributed by atoms with van der Waals surface area (Å²) < 4.78 is 22.8. The number of hydrogen-bond donors (Lipinski definition) is 3. The minimum atomic E-state index is -3.78. The van der Waals surface area contributed by atoms with E-state index in [9.17, 15) is 13.2 Å². The first kappa shape index (κ1) is 14.3. The van der Waals surface area contributed by atoms with E-state index < -0.39 is 10.0 Å². The SMILES string of the molecule is Cc1c(NC(=O)C2CSCN2)cccc1S(N)(=O)=O. The van der Waals surface area contributed by atoms with Gasteiger partial charge in [-0.1, -0.05) is 6.07 Å². The van der Waals surface area contributed by atoms with Crippen LogP contribution in [0.3, 0.4) is 0 Å². The largest absolute Gasteiger partial charge is 0.324 e. The summed E-state index contributed by atoms with van der Waals surface area (Å²) in [4.78, 5) is 12.0. The van der Waals surface area contributed by atoms with Crippen molar-refractivity contribution in [2.45, 2.75) is 17.9 Å². The quantitative estimate of drug-likeness (QED) is 0.742. The number of benzene rings is 1. The molecule has 1 aliphatic heterocycles. The maximum absolute atomic E-state index is 12.0. The molecule has 1 fully saturated rings. The monoisotopic (exact) mass is 301 g/mol. The molecular weight excluding hydrogens is 286 g/mol. The van der Waals surface area contributed by atoms with Crippen LogP contribution in [0.15, 0.2) is 23.1 Å². The van der Waals surface area contributed by atoms with Gasteiger partial charge in [-0.15, -0.1) is 11.8 Å². The molecule has 8 heteroatoms. The molecule has 104 valence electrons. The number of nitrogens with two attached hydrogens (primary N) is 1. The highest BCUT2D eigenvalue weighted by molar-refractivity contribution is 7.99. The maximum Gasteiger partial charge on any atom is 0.242 e. The van der Waals surface area contributed by atoms with E-state index >= 15 is 0 Å². The second-order valence-corrected chi connectivity index (χ2v) is 6.79. The van der Waals surface area contributed by atoms with E-state index in [2.05, 4.69) is 10.6 Å². The van der Waals surface area contributed by atoms with E-state index in [0.29, 0.717) is 17.0 Å². The number of primary sulfonamides is 1. The Kier molecular flexibility index (Phi) is 4.14. The molecule has 19 heavy (non-hydrogen) atoms. The fourth-order valence-electron chi connectivity index (χ4n) is 1.84. The van der Waals surface area contributed by atoms with Gasteiger partial charge in [-0.3, -0.25) is 10.1 Å². The Morgan fingerprint density at radius 1 is 1.53 bits per heavy atom. The molecule has 1 aliphatic rings. The van der Waals surface area contributed by atoms with Gasteiger partial charge in [0.15, 0.2) is 0 Å². The van der Waals surface area contributed by atoms with Gasteiger partial charge < -0.3 is 5.32 Å². The summed E-state index contributed by atoms with van der Waals surface area (Å²) in [5.41, 5.74) is 0.916. The average Bonchev–Trinajstić information content (AvgIpc) is 2.83. The zero-order valence-corrected chi connectivity index (χ0v) is 12.0.